The van der Waals surface area contributed by atoms with E-state index in [1.165, 1.54) is 18.3 Å². The Labute approximate surface area is 203 Å². The molecule has 0 bridgehead atoms. The summed E-state index contributed by atoms with van der Waals surface area (Å²) in [5, 5.41) is 14.9. The highest BCUT2D eigenvalue weighted by molar-refractivity contribution is 9.10. The number of carbonyl (C=O) groups is 2. The van der Waals surface area contributed by atoms with Gasteiger partial charge in [-0.3, -0.25) is 14.9 Å². The molecule has 3 aromatic rings. The summed E-state index contributed by atoms with van der Waals surface area (Å²) in [6, 6.07) is 16.3. The number of hydrazone groups is 1. The molecule has 0 saturated heterocycles. The van der Waals surface area contributed by atoms with Crippen LogP contribution in [0.25, 0.3) is 0 Å². The molecule has 0 aliphatic carbocycles. The van der Waals surface area contributed by atoms with Crippen molar-refractivity contribution >= 4 is 39.7 Å². The van der Waals surface area contributed by atoms with Crippen molar-refractivity contribution in [3.63, 3.8) is 0 Å². The van der Waals surface area contributed by atoms with Crippen LogP contribution >= 0.6 is 15.9 Å². The topological polar surface area (TPSA) is 120 Å². The molecule has 9 nitrogen and oxygen atoms in total. The smallest absolute Gasteiger partial charge is 0.343 e. The maximum atomic E-state index is 12.4. The number of amides is 1. The van der Waals surface area contributed by atoms with Gasteiger partial charge in [0.2, 0.25) is 0 Å². The third kappa shape index (κ3) is 6.48. The van der Waals surface area contributed by atoms with Gasteiger partial charge in [-0.25, -0.2) is 10.2 Å². The molecule has 1 amide bonds. The fourth-order valence-electron chi connectivity index (χ4n) is 3.05. The standard InChI is InChI=1S/C24H20BrN3O6/c1-15-10-20(28(31)32)11-16(2)23(15)33-14-22(29)27-26-13-18-12-19(25)8-9-21(18)34-24(30)17-6-4-3-5-7-17/h3-13H,14H2,1-2H3,(H,27,29)/b26-13+. The molecule has 0 spiro atoms. The summed E-state index contributed by atoms with van der Waals surface area (Å²) in [5.74, 6) is -0.398. The van der Waals surface area contributed by atoms with Gasteiger partial charge in [0.25, 0.3) is 11.6 Å². The summed E-state index contributed by atoms with van der Waals surface area (Å²) in [7, 11) is 0. The Bertz CT molecular complexity index is 1240. The molecule has 1 N–H and O–H groups in total. The Balaban J connectivity index is 1.63. The number of halogens is 1. The van der Waals surface area contributed by atoms with Crippen LogP contribution in [0.4, 0.5) is 5.69 Å². The third-order valence-electron chi connectivity index (χ3n) is 4.58. The van der Waals surface area contributed by atoms with E-state index in [2.05, 4.69) is 26.5 Å². The van der Waals surface area contributed by atoms with Crippen LogP contribution < -0.4 is 14.9 Å². The lowest BCUT2D eigenvalue weighted by atomic mass is 10.1. The zero-order valence-electron chi connectivity index (χ0n) is 18.3. The summed E-state index contributed by atoms with van der Waals surface area (Å²) in [6.45, 7) is 2.99. The quantitative estimate of drug-likeness (QED) is 0.149. The third-order valence-corrected chi connectivity index (χ3v) is 5.07. The number of nitro benzene ring substituents is 1. The molecule has 0 radical (unpaired) electrons. The normalized spacial score (nSPS) is 10.7. The van der Waals surface area contributed by atoms with E-state index >= 15 is 0 Å². The average Bonchev–Trinajstić information content (AvgIpc) is 2.80. The van der Waals surface area contributed by atoms with Crippen LogP contribution in [0.5, 0.6) is 11.5 Å². The fourth-order valence-corrected chi connectivity index (χ4v) is 3.43. The van der Waals surface area contributed by atoms with E-state index in [1.54, 1.807) is 62.4 Å². The summed E-state index contributed by atoms with van der Waals surface area (Å²) >= 11 is 3.35. The largest absolute Gasteiger partial charge is 0.483 e. The predicted molar refractivity (Wildman–Crippen MR) is 129 cm³/mol. The van der Waals surface area contributed by atoms with Gasteiger partial charge in [0.15, 0.2) is 6.61 Å². The monoisotopic (exact) mass is 525 g/mol. The number of aryl methyl sites for hydroxylation is 2. The highest BCUT2D eigenvalue weighted by Gasteiger charge is 2.14. The minimum absolute atomic E-state index is 0.0470. The first-order valence-electron chi connectivity index (χ1n) is 10.0. The van der Waals surface area contributed by atoms with E-state index in [0.29, 0.717) is 28.0 Å². The summed E-state index contributed by atoms with van der Waals surface area (Å²) in [6.07, 6.45) is 1.35. The number of benzene rings is 3. The highest BCUT2D eigenvalue weighted by atomic mass is 79.9. The van der Waals surface area contributed by atoms with Gasteiger partial charge < -0.3 is 9.47 Å². The first-order chi connectivity index (χ1) is 16.2. The molecule has 0 heterocycles. The number of hydrogen-bond acceptors (Lipinski definition) is 7. The Morgan fingerprint density at radius 1 is 1.09 bits per heavy atom. The van der Waals surface area contributed by atoms with Crippen molar-refractivity contribution in [1.82, 2.24) is 5.43 Å². The Morgan fingerprint density at radius 3 is 2.41 bits per heavy atom. The number of nitro groups is 1. The second-order valence-electron chi connectivity index (χ2n) is 7.19. The molecule has 10 heteroatoms. The maximum absolute atomic E-state index is 12.4. The van der Waals surface area contributed by atoms with Crippen LogP contribution in [0.15, 0.2) is 70.2 Å². The van der Waals surface area contributed by atoms with Crippen molar-refractivity contribution in [2.45, 2.75) is 13.8 Å². The number of ether oxygens (including phenoxy) is 2. The summed E-state index contributed by atoms with van der Waals surface area (Å²) < 4.78 is 11.7. The van der Waals surface area contributed by atoms with Crippen molar-refractivity contribution < 1.29 is 24.0 Å². The van der Waals surface area contributed by atoms with Gasteiger partial charge in [0.05, 0.1) is 16.7 Å². The first kappa shape index (κ1) is 24.6. The molecule has 0 fully saturated rings. The molecule has 3 aromatic carbocycles. The van der Waals surface area contributed by atoms with E-state index in [0.717, 1.165) is 4.47 Å². The minimum atomic E-state index is -0.536. The Kier molecular flexibility index (Phi) is 8.10. The number of carbonyl (C=O) groups excluding carboxylic acids is 2. The van der Waals surface area contributed by atoms with Crippen LogP contribution in [-0.4, -0.2) is 29.6 Å². The zero-order chi connectivity index (χ0) is 24.7. The van der Waals surface area contributed by atoms with Crippen LogP contribution in [0.2, 0.25) is 0 Å². The van der Waals surface area contributed by atoms with Gasteiger partial charge in [-0.1, -0.05) is 34.1 Å². The number of rotatable bonds is 8. The number of nitrogens with zero attached hydrogens (tertiary/aromatic N) is 2. The second-order valence-corrected chi connectivity index (χ2v) is 8.10. The average molecular weight is 526 g/mol. The molecule has 0 saturated carbocycles. The maximum Gasteiger partial charge on any atom is 0.343 e. The fraction of sp³-hybridized carbons (Fsp3) is 0.125. The summed E-state index contributed by atoms with van der Waals surface area (Å²) in [5.41, 5.74) is 4.24. The molecule has 174 valence electrons. The van der Waals surface area contributed by atoms with Crippen LogP contribution in [0, 0.1) is 24.0 Å². The van der Waals surface area contributed by atoms with Gasteiger partial charge in [0, 0.05) is 22.2 Å². The Morgan fingerprint density at radius 2 is 1.76 bits per heavy atom. The van der Waals surface area contributed by atoms with Crippen LogP contribution in [0.1, 0.15) is 27.0 Å². The zero-order valence-corrected chi connectivity index (χ0v) is 19.9. The minimum Gasteiger partial charge on any atom is -0.483 e. The predicted octanol–water partition coefficient (Wildman–Crippen LogP) is 4.72. The van der Waals surface area contributed by atoms with Gasteiger partial charge in [-0.05, 0) is 55.3 Å². The molecule has 3 rings (SSSR count). The van der Waals surface area contributed by atoms with E-state index in [-0.39, 0.29) is 18.0 Å². The van der Waals surface area contributed by atoms with Crippen LogP contribution in [0.3, 0.4) is 0 Å². The van der Waals surface area contributed by atoms with Crippen molar-refractivity contribution in [2.24, 2.45) is 5.10 Å². The number of esters is 1. The Hall–Kier alpha value is -4.05. The van der Waals surface area contributed by atoms with Crippen LogP contribution in [-0.2, 0) is 4.79 Å². The van der Waals surface area contributed by atoms with Gasteiger partial charge in [-0.2, -0.15) is 5.10 Å². The molecular formula is C24H20BrN3O6. The summed E-state index contributed by atoms with van der Waals surface area (Å²) in [4.78, 5) is 35.0. The second kappa shape index (κ2) is 11.2. The van der Waals surface area contributed by atoms with Crippen molar-refractivity contribution in [3.8, 4) is 11.5 Å². The molecule has 0 atom stereocenters. The van der Waals surface area contributed by atoms with Gasteiger partial charge >= 0.3 is 5.97 Å². The lowest BCUT2D eigenvalue weighted by Gasteiger charge is -2.11. The van der Waals surface area contributed by atoms with Gasteiger partial charge in [0.1, 0.15) is 11.5 Å². The van der Waals surface area contributed by atoms with Gasteiger partial charge in [-0.15, -0.1) is 0 Å². The highest BCUT2D eigenvalue weighted by Crippen LogP contribution is 2.28. The molecule has 0 aromatic heterocycles. The van der Waals surface area contributed by atoms with Crippen molar-refractivity contribution in [1.29, 1.82) is 0 Å². The molecule has 0 unspecified atom stereocenters. The van der Waals surface area contributed by atoms with Crippen molar-refractivity contribution in [3.05, 3.63) is 97.5 Å². The number of non-ortho nitro benzene ring substituents is 1. The number of nitrogens with one attached hydrogen (secondary N) is 1. The van der Waals surface area contributed by atoms with E-state index < -0.39 is 16.8 Å². The lowest BCUT2D eigenvalue weighted by molar-refractivity contribution is -0.385. The van der Waals surface area contributed by atoms with E-state index in [1.807, 2.05) is 0 Å². The number of hydrogen-bond donors (Lipinski definition) is 1. The molecule has 0 aliphatic heterocycles. The molecule has 0 aliphatic rings. The SMILES string of the molecule is Cc1cc([N+](=O)[O-])cc(C)c1OCC(=O)N/N=C/c1cc(Br)ccc1OC(=O)c1ccccc1. The first-order valence-corrected chi connectivity index (χ1v) is 10.8. The van der Waals surface area contributed by atoms with E-state index in [4.69, 9.17) is 9.47 Å². The van der Waals surface area contributed by atoms with Crippen molar-refractivity contribution in [2.75, 3.05) is 6.61 Å². The lowest BCUT2D eigenvalue weighted by Crippen LogP contribution is -2.25. The molecular weight excluding hydrogens is 506 g/mol. The van der Waals surface area contributed by atoms with E-state index in [9.17, 15) is 19.7 Å². The molecule has 34 heavy (non-hydrogen) atoms.